The van der Waals surface area contributed by atoms with Crippen molar-refractivity contribution in [1.82, 2.24) is 15.3 Å². The van der Waals surface area contributed by atoms with E-state index < -0.39 is 0 Å². The Morgan fingerprint density at radius 1 is 1.38 bits per heavy atom. The first kappa shape index (κ1) is 9.69. The Hall–Kier alpha value is -1.52. The van der Waals surface area contributed by atoms with Crippen LogP contribution in [0.4, 0.5) is 0 Å². The van der Waals surface area contributed by atoms with Gasteiger partial charge in [0.25, 0.3) is 0 Å². The molecule has 0 spiro atoms. The quantitative estimate of drug-likeness (QED) is 0.778. The van der Waals surface area contributed by atoms with Crippen LogP contribution < -0.4 is 5.32 Å². The summed E-state index contributed by atoms with van der Waals surface area (Å²) in [5.74, 6) is 0. The van der Waals surface area contributed by atoms with Gasteiger partial charge >= 0.3 is 0 Å². The second-order valence-corrected chi connectivity index (χ2v) is 3.90. The zero-order valence-electron chi connectivity index (χ0n) is 8.89. The monoisotopic (exact) mass is 215 g/mol. The van der Waals surface area contributed by atoms with Crippen LogP contribution in [0.2, 0.25) is 0 Å². The molecule has 4 heteroatoms. The summed E-state index contributed by atoms with van der Waals surface area (Å²) in [5, 5.41) is 4.43. The van der Waals surface area contributed by atoms with Crippen LogP contribution in [0.3, 0.4) is 0 Å². The number of nitrogens with one attached hydrogen (secondary N) is 1. The minimum absolute atomic E-state index is 0.124. The molecule has 0 saturated carbocycles. The van der Waals surface area contributed by atoms with Crippen molar-refractivity contribution in [2.45, 2.75) is 6.10 Å². The van der Waals surface area contributed by atoms with Crippen LogP contribution in [-0.2, 0) is 4.74 Å². The van der Waals surface area contributed by atoms with Gasteiger partial charge in [0.15, 0.2) is 0 Å². The Bertz CT molecular complexity index is 494. The summed E-state index contributed by atoms with van der Waals surface area (Å²) in [6.45, 7) is 2.55. The third-order valence-corrected chi connectivity index (χ3v) is 2.81. The van der Waals surface area contributed by atoms with E-state index in [-0.39, 0.29) is 6.10 Å². The third-order valence-electron chi connectivity index (χ3n) is 2.81. The molecule has 1 aliphatic heterocycles. The van der Waals surface area contributed by atoms with Crippen LogP contribution in [-0.4, -0.2) is 29.7 Å². The van der Waals surface area contributed by atoms with Crippen molar-refractivity contribution in [3.05, 3.63) is 36.3 Å². The molecule has 1 unspecified atom stereocenters. The lowest BCUT2D eigenvalue weighted by Crippen LogP contribution is -2.33. The highest BCUT2D eigenvalue weighted by atomic mass is 16.5. The Morgan fingerprint density at radius 2 is 2.38 bits per heavy atom. The third kappa shape index (κ3) is 1.77. The molecule has 4 nitrogen and oxygen atoms in total. The average Bonchev–Trinajstić information content (AvgIpc) is 2.39. The lowest BCUT2D eigenvalue weighted by molar-refractivity contribution is 0.0276. The predicted molar refractivity (Wildman–Crippen MR) is 61.1 cm³/mol. The van der Waals surface area contributed by atoms with Crippen molar-refractivity contribution in [2.75, 3.05) is 19.7 Å². The number of pyridine rings is 2. The van der Waals surface area contributed by atoms with Crippen LogP contribution >= 0.6 is 0 Å². The minimum atomic E-state index is 0.124. The fraction of sp³-hybridized carbons (Fsp3) is 0.333. The molecule has 3 heterocycles. The first-order valence-corrected chi connectivity index (χ1v) is 5.45. The summed E-state index contributed by atoms with van der Waals surface area (Å²) in [7, 11) is 0. The maximum Gasteiger partial charge on any atom is 0.0964 e. The fourth-order valence-corrected chi connectivity index (χ4v) is 1.94. The number of nitrogens with zero attached hydrogens (tertiary/aromatic N) is 2. The van der Waals surface area contributed by atoms with Crippen molar-refractivity contribution in [2.24, 2.45) is 0 Å². The van der Waals surface area contributed by atoms with Gasteiger partial charge in [-0.25, -0.2) is 0 Å². The van der Waals surface area contributed by atoms with E-state index in [2.05, 4.69) is 21.4 Å². The van der Waals surface area contributed by atoms with Crippen molar-refractivity contribution in [3.63, 3.8) is 0 Å². The van der Waals surface area contributed by atoms with Gasteiger partial charge in [0.2, 0.25) is 0 Å². The van der Waals surface area contributed by atoms with Crippen LogP contribution in [0.5, 0.6) is 0 Å². The number of rotatable bonds is 1. The summed E-state index contributed by atoms with van der Waals surface area (Å²) in [6.07, 6.45) is 5.56. The van der Waals surface area contributed by atoms with Gasteiger partial charge in [0.1, 0.15) is 0 Å². The molecular weight excluding hydrogens is 202 g/mol. The molecule has 0 aromatic carbocycles. The van der Waals surface area contributed by atoms with Crippen molar-refractivity contribution >= 4 is 10.9 Å². The number of aromatic nitrogens is 2. The van der Waals surface area contributed by atoms with Crippen LogP contribution in [0.1, 0.15) is 11.7 Å². The second kappa shape index (κ2) is 4.15. The number of hydrogen-bond acceptors (Lipinski definition) is 4. The largest absolute Gasteiger partial charge is 0.371 e. The van der Waals surface area contributed by atoms with Gasteiger partial charge in [-0.15, -0.1) is 0 Å². The molecule has 1 fully saturated rings. The first-order chi connectivity index (χ1) is 7.93. The van der Waals surface area contributed by atoms with E-state index in [1.54, 1.807) is 12.4 Å². The Kier molecular flexibility index (Phi) is 2.52. The summed E-state index contributed by atoms with van der Waals surface area (Å²) in [4.78, 5) is 8.44. The maximum absolute atomic E-state index is 5.69. The van der Waals surface area contributed by atoms with Gasteiger partial charge in [-0.3, -0.25) is 9.97 Å². The Balaban J connectivity index is 1.97. The molecule has 0 bridgehead atoms. The van der Waals surface area contributed by atoms with E-state index in [9.17, 15) is 0 Å². The highest BCUT2D eigenvalue weighted by molar-refractivity contribution is 5.77. The van der Waals surface area contributed by atoms with Crippen LogP contribution in [0.15, 0.2) is 30.7 Å². The number of hydrogen-bond donors (Lipinski definition) is 1. The predicted octanol–water partition coefficient (Wildman–Crippen LogP) is 1.29. The number of fused-ring (bicyclic) bond motifs is 1. The topological polar surface area (TPSA) is 47.0 Å². The molecule has 82 valence electrons. The molecule has 3 rings (SSSR count). The van der Waals surface area contributed by atoms with E-state index in [1.807, 2.05) is 12.3 Å². The molecule has 1 atom stereocenters. The van der Waals surface area contributed by atoms with Gasteiger partial charge in [-0.2, -0.15) is 0 Å². The van der Waals surface area contributed by atoms with Gasteiger partial charge in [-0.1, -0.05) is 0 Å². The zero-order valence-corrected chi connectivity index (χ0v) is 8.89. The van der Waals surface area contributed by atoms with Crippen LogP contribution in [0, 0.1) is 0 Å². The fourth-order valence-electron chi connectivity index (χ4n) is 1.94. The van der Waals surface area contributed by atoms with Gasteiger partial charge in [-0.05, 0) is 12.1 Å². The lowest BCUT2D eigenvalue weighted by atomic mass is 10.1. The van der Waals surface area contributed by atoms with Gasteiger partial charge in [0, 0.05) is 36.4 Å². The average molecular weight is 215 g/mol. The van der Waals surface area contributed by atoms with E-state index in [0.29, 0.717) is 0 Å². The van der Waals surface area contributed by atoms with E-state index in [0.717, 1.165) is 36.2 Å². The molecule has 1 N–H and O–H groups in total. The molecule has 0 radical (unpaired) electrons. The molecule has 0 amide bonds. The molecule has 2 aromatic heterocycles. The first-order valence-electron chi connectivity index (χ1n) is 5.45. The Labute approximate surface area is 93.7 Å². The molecule has 1 aliphatic rings. The molecule has 16 heavy (non-hydrogen) atoms. The summed E-state index contributed by atoms with van der Waals surface area (Å²) in [5.41, 5.74) is 2.06. The molecular formula is C12H13N3O. The highest BCUT2D eigenvalue weighted by Gasteiger charge is 2.16. The lowest BCUT2D eigenvalue weighted by Gasteiger charge is -2.23. The van der Waals surface area contributed by atoms with Gasteiger partial charge < -0.3 is 10.1 Å². The molecule has 1 saturated heterocycles. The molecule has 0 aliphatic carbocycles. The standard InChI is InChI=1S/C12H13N3O/c1-2-13-7-11-9(1)5-10(6-15-11)12-8-14-3-4-16-12/h1-2,5-7,12,14H,3-4,8H2. The Morgan fingerprint density at radius 3 is 3.25 bits per heavy atom. The highest BCUT2D eigenvalue weighted by Crippen LogP contribution is 2.21. The summed E-state index contributed by atoms with van der Waals surface area (Å²) >= 11 is 0. The van der Waals surface area contributed by atoms with E-state index in [1.165, 1.54) is 0 Å². The second-order valence-electron chi connectivity index (χ2n) is 3.90. The van der Waals surface area contributed by atoms with E-state index >= 15 is 0 Å². The van der Waals surface area contributed by atoms with Crippen molar-refractivity contribution < 1.29 is 4.74 Å². The summed E-state index contributed by atoms with van der Waals surface area (Å²) in [6, 6.07) is 4.10. The van der Waals surface area contributed by atoms with Gasteiger partial charge in [0.05, 0.1) is 24.4 Å². The van der Waals surface area contributed by atoms with E-state index in [4.69, 9.17) is 4.74 Å². The smallest absolute Gasteiger partial charge is 0.0964 e. The van der Waals surface area contributed by atoms with Crippen molar-refractivity contribution in [3.8, 4) is 0 Å². The van der Waals surface area contributed by atoms with Crippen molar-refractivity contribution in [1.29, 1.82) is 0 Å². The zero-order chi connectivity index (χ0) is 10.8. The number of morpholine rings is 1. The molecule has 2 aromatic rings. The maximum atomic E-state index is 5.69. The summed E-state index contributed by atoms with van der Waals surface area (Å²) < 4.78 is 5.69. The normalized spacial score (nSPS) is 21.1. The number of ether oxygens (including phenoxy) is 1. The minimum Gasteiger partial charge on any atom is -0.371 e. The van der Waals surface area contributed by atoms with Crippen LogP contribution in [0.25, 0.3) is 10.9 Å². The SMILES string of the molecule is c1cc2cc(C3CNCCO3)cnc2cn1.